The second-order valence-electron chi connectivity index (χ2n) is 4.85. The molecule has 0 fully saturated rings. The van der Waals surface area contributed by atoms with Crippen LogP contribution in [0.25, 0.3) is 0 Å². The minimum atomic E-state index is -1.07. The van der Waals surface area contributed by atoms with Crippen LogP contribution in [0.2, 0.25) is 0 Å². The molecule has 22 heavy (non-hydrogen) atoms. The van der Waals surface area contributed by atoms with Crippen LogP contribution in [-0.2, 0) is 16.6 Å². The van der Waals surface area contributed by atoms with E-state index < -0.39 is 10.8 Å². The summed E-state index contributed by atoms with van der Waals surface area (Å²) in [6.07, 6.45) is 0. The van der Waals surface area contributed by atoms with Crippen molar-refractivity contribution in [1.29, 1.82) is 0 Å². The molecule has 2 atom stereocenters. The molecule has 2 unspecified atom stereocenters. The van der Waals surface area contributed by atoms with Crippen LogP contribution in [0.4, 0.5) is 0 Å². The van der Waals surface area contributed by atoms with Crippen LogP contribution in [0.1, 0.15) is 22.1 Å². The molecule has 0 bridgehead atoms. The summed E-state index contributed by atoms with van der Waals surface area (Å²) in [5, 5.41) is 1.82. The van der Waals surface area contributed by atoms with Crippen molar-refractivity contribution in [3.8, 4) is 0 Å². The summed E-state index contributed by atoms with van der Waals surface area (Å²) in [6.45, 7) is 0. The van der Waals surface area contributed by atoms with Gasteiger partial charge in [-0.25, -0.2) is 4.98 Å². The molecule has 0 radical (unpaired) electrons. The predicted molar refractivity (Wildman–Crippen MR) is 96.4 cm³/mol. The molecule has 1 aromatic heterocycles. The van der Waals surface area contributed by atoms with Gasteiger partial charge in [-0.1, -0.05) is 58.4 Å². The highest BCUT2D eigenvalue weighted by Gasteiger charge is 2.21. The minimum Gasteiger partial charge on any atom is -0.258 e. The number of benzene rings is 2. The molecule has 0 saturated heterocycles. The second-order valence-corrected chi connectivity index (χ2v) is 8.00. The molecular weight excluding hydrogens is 378 g/mol. The largest absolute Gasteiger partial charge is 0.258 e. The molecule has 0 spiro atoms. The van der Waals surface area contributed by atoms with Gasteiger partial charge in [0, 0.05) is 20.7 Å². The van der Waals surface area contributed by atoms with Crippen LogP contribution in [0, 0.1) is 0 Å². The summed E-state index contributed by atoms with van der Waals surface area (Å²) in [7, 11) is -1.07. The van der Waals surface area contributed by atoms with Gasteiger partial charge >= 0.3 is 0 Å². The third-order valence-electron chi connectivity index (χ3n) is 3.31. The average molecular weight is 392 g/mol. The zero-order valence-electron chi connectivity index (χ0n) is 11.7. The number of halogens is 1. The van der Waals surface area contributed by atoms with Crippen molar-refractivity contribution in [3.05, 3.63) is 86.8 Å². The summed E-state index contributed by atoms with van der Waals surface area (Å²) in [6, 6.07) is 18.1. The number of thiazole rings is 1. The van der Waals surface area contributed by atoms with Crippen molar-refractivity contribution in [1.82, 2.24) is 4.98 Å². The van der Waals surface area contributed by atoms with Gasteiger partial charge in [0.05, 0.1) is 22.2 Å². The molecule has 0 aliphatic heterocycles. The Morgan fingerprint density at radius 3 is 2.36 bits per heavy atom. The van der Waals surface area contributed by atoms with Gasteiger partial charge in [0.25, 0.3) is 0 Å². The standard InChI is InChI=1S/C17H14BrNOS2/c18-15-8-6-14(7-9-15)17(13-4-2-1-3-5-13)22(20)11-16-10-21-12-19-16/h1-10,12,17H,11H2. The maximum Gasteiger partial charge on any atom is 0.0850 e. The molecule has 0 amide bonds. The maximum absolute atomic E-state index is 13.0. The molecule has 3 aromatic rings. The molecular formula is C17H14BrNOS2. The Bertz CT molecular complexity index is 742. The SMILES string of the molecule is O=S(Cc1cscn1)C(c1ccccc1)c1ccc(Br)cc1. The lowest BCUT2D eigenvalue weighted by Crippen LogP contribution is -2.10. The number of hydrogen-bond donors (Lipinski definition) is 0. The van der Waals surface area contributed by atoms with Gasteiger partial charge in [-0.15, -0.1) is 11.3 Å². The monoisotopic (exact) mass is 391 g/mol. The molecule has 1 heterocycles. The lowest BCUT2D eigenvalue weighted by atomic mass is 10.0. The van der Waals surface area contributed by atoms with Crippen molar-refractivity contribution in [2.24, 2.45) is 0 Å². The smallest absolute Gasteiger partial charge is 0.0850 e. The van der Waals surface area contributed by atoms with Crippen LogP contribution >= 0.6 is 27.3 Å². The van der Waals surface area contributed by atoms with Crippen LogP contribution in [0.5, 0.6) is 0 Å². The van der Waals surface area contributed by atoms with Gasteiger partial charge in [-0.05, 0) is 23.3 Å². The summed E-state index contributed by atoms with van der Waals surface area (Å²) in [5.74, 6) is 0.471. The van der Waals surface area contributed by atoms with E-state index in [1.807, 2.05) is 60.0 Å². The van der Waals surface area contributed by atoms with E-state index in [0.29, 0.717) is 5.75 Å². The molecule has 2 aromatic carbocycles. The lowest BCUT2D eigenvalue weighted by Gasteiger charge is -2.17. The number of hydrogen-bond acceptors (Lipinski definition) is 3. The van der Waals surface area contributed by atoms with Gasteiger partial charge in [-0.2, -0.15) is 0 Å². The van der Waals surface area contributed by atoms with Crippen LogP contribution in [0.15, 0.2) is 70.0 Å². The molecule has 0 N–H and O–H groups in total. The van der Waals surface area contributed by atoms with Gasteiger partial charge in [-0.3, -0.25) is 4.21 Å². The minimum absolute atomic E-state index is 0.143. The van der Waals surface area contributed by atoms with Crippen molar-refractivity contribution in [3.63, 3.8) is 0 Å². The van der Waals surface area contributed by atoms with Crippen molar-refractivity contribution in [2.45, 2.75) is 11.0 Å². The zero-order valence-corrected chi connectivity index (χ0v) is 14.9. The van der Waals surface area contributed by atoms with Crippen LogP contribution in [0.3, 0.4) is 0 Å². The molecule has 0 aliphatic rings. The van der Waals surface area contributed by atoms with Gasteiger partial charge in [0.1, 0.15) is 0 Å². The van der Waals surface area contributed by atoms with Gasteiger partial charge in [0.2, 0.25) is 0 Å². The molecule has 5 heteroatoms. The predicted octanol–water partition coefficient (Wildman–Crippen LogP) is 4.94. The summed E-state index contributed by atoms with van der Waals surface area (Å²) in [4.78, 5) is 4.26. The van der Waals surface area contributed by atoms with Crippen LogP contribution in [-0.4, -0.2) is 9.19 Å². The van der Waals surface area contributed by atoms with E-state index >= 15 is 0 Å². The van der Waals surface area contributed by atoms with Crippen molar-refractivity contribution >= 4 is 38.1 Å². The third kappa shape index (κ3) is 3.72. The molecule has 2 nitrogen and oxygen atoms in total. The van der Waals surface area contributed by atoms with E-state index in [0.717, 1.165) is 21.3 Å². The highest BCUT2D eigenvalue weighted by atomic mass is 79.9. The molecule has 0 aliphatic carbocycles. The quantitative estimate of drug-likeness (QED) is 0.615. The van der Waals surface area contributed by atoms with E-state index in [-0.39, 0.29) is 5.25 Å². The van der Waals surface area contributed by atoms with E-state index in [2.05, 4.69) is 20.9 Å². The number of nitrogens with zero attached hydrogens (tertiary/aromatic N) is 1. The maximum atomic E-state index is 13.0. The highest BCUT2D eigenvalue weighted by Crippen LogP contribution is 2.30. The Labute approximate surface area is 144 Å². The van der Waals surface area contributed by atoms with E-state index in [1.165, 1.54) is 11.3 Å². The fourth-order valence-electron chi connectivity index (χ4n) is 2.30. The van der Waals surface area contributed by atoms with Crippen LogP contribution < -0.4 is 0 Å². The normalized spacial score (nSPS) is 13.7. The number of rotatable bonds is 5. The first-order valence-corrected chi connectivity index (χ1v) is 9.90. The Morgan fingerprint density at radius 1 is 1.05 bits per heavy atom. The van der Waals surface area contributed by atoms with Crippen molar-refractivity contribution in [2.75, 3.05) is 0 Å². The van der Waals surface area contributed by atoms with E-state index in [9.17, 15) is 4.21 Å². The molecule has 3 rings (SSSR count). The van der Waals surface area contributed by atoms with Gasteiger partial charge in [0.15, 0.2) is 0 Å². The topological polar surface area (TPSA) is 30.0 Å². The van der Waals surface area contributed by atoms with Gasteiger partial charge < -0.3 is 0 Å². The Hall–Kier alpha value is -1.30. The Kier molecular flexibility index (Phi) is 5.18. The highest BCUT2D eigenvalue weighted by molar-refractivity contribution is 9.10. The number of aromatic nitrogens is 1. The summed E-state index contributed by atoms with van der Waals surface area (Å²) in [5.41, 5.74) is 4.80. The third-order valence-corrected chi connectivity index (χ3v) is 6.13. The van der Waals surface area contributed by atoms with Crippen molar-refractivity contribution < 1.29 is 4.21 Å². The first kappa shape index (κ1) is 15.6. The Morgan fingerprint density at radius 2 is 1.73 bits per heavy atom. The fraction of sp³-hybridized carbons (Fsp3) is 0.118. The van der Waals surface area contributed by atoms with E-state index in [1.54, 1.807) is 5.51 Å². The van der Waals surface area contributed by atoms with E-state index in [4.69, 9.17) is 0 Å². The first-order valence-electron chi connectivity index (χ1n) is 6.78. The Balaban J connectivity index is 1.95. The molecule has 0 saturated carbocycles. The zero-order chi connectivity index (χ0) is 15.4. The molecule has 112 valence electrons. The average Bonchev–Trinajstić information content (AvgIpc) is 3.03. The second kappa shape index (κ2) is 7.31. The summed E-state index contributed by atoms with van der Waals surface area (Å²) < 4.78 is 14.0. The lowest BCUT2D eigenvalue weighted by molar-refractivity contribution is 0.677. The fourth-order valence-corrected chi connectivity index (χ4v) is 4.76. The summed E-state index contributed by atoms with van der Waals surface area (Å²) >= 11 is 4.99. The first-order chi connectivity index (χ1) is 10.7.